The Balaban J connectivity index is 2.10. The fourth-order valence-corrected chi connectivity index (χ4v) is 2.14. The van der Waals surface area contributed by atoms with Gasteiger partial charge in [0.15, 0.2) is 0 Å². The van der Waals surface area contributed by atoms with Crippen LogP contribution < -0.4 is 0 Å². The Kier molecular flexibility index (Phi) is 5.11. The monoisotopic (exact) mass is 212 g/mol. The maximum Gasteiger partial charge on any atom is 0.0595 e. The molecule has 1 aliphatic carbocycles. The molecule has 0 aliphatic heterocycles. The number of hydrogen-bond donors (Lipinski definition) is 0. The lowest BCUT2D eigenvalue weighted by molar-refractivity contribution is -0.0118. The van der Waals surface area contributed by atoms with Gasteiger partial charge in [0.2, 0.25) is 0 Å². The van der Waals surface area contributed by atoms with Gasteiger partial charge in [0.25, 0.3) is 0 Å². The average molecular weight is 212 g/mol. The molecule has 1 heteroatoms. The zero-order valence-electron chi connectivity index (χ0n) is 11.0. The van der Waals surface area contributed by atoms with Gasteiger partial charge in [-0.2, -0.15) is 0 Å². The first-order valence-corrected chi connectivity index (χ1v) is 6.62. The van der Waals surface area contributed by atoms with Gasteiger partial charge < -0.3 is 4.74 Å². The SMILES string of the molecule is CC(OCCC1CCCCC1)C(C)(C)C. The summed E-state index contributed by atoms with van der Waals surface area (Å²) in [6.45, 7) is 9.90. The van der Waals surface area contributed by atoms with E-state index < -0.39 is 0 Å². The van der Waals surface area contributed by atoms with Gasteiger partial charge in [-0.15, -0.1) is 0 Å². The molecule has 0 saturated heterocycles. The molecule has 1 saturated carbocycles. The first-order valence-electron chi connectivity index (χ1n) is 6.62. The lowest BCUT2D eigenvalue weighted by atomic mass is 9.87. The first kappa shape index (κ1) is 13.0. The lowest BCUT2D eigenvalue weighted by Gasteiger charge is -2.28. The van der Waals surface area contributed by atoms with Crippen molar-refractivity contribution in [2.75, 3.05) is 6.61 Å². The fourth-order valence-electron chi connectivity index (χ4n) is 2.14. The Bertz CT molecular complexity index is 163. The smallest absolute Gasteiger partial charge is 0.0595 e. The molecule has 0 N–H and O–H groups in total. The van der Waals surface area contributed by atoms with E-state index in [0.717, 1.165) is 12.5 Å². The van der Waals surface area contributed by atoms with Crippen LogP contribution in [0.1, 0.15) is 66.2 Å². The van der Waals surface area contributed by atoms with Crippen LogP contribution in [0.2, 0.25) is 0 Å². The molecule has 1 rings (SSSR count). The first-order chi connectivity index (χ1) is 7.00. The molecule has 0 spiro atoms. The summed E-state index contributed by atoms with van der Waals surface area (Å²) < 4.78 is 5.91. The van der Waals surface area contributed by atoms with E-state index in [-0.39, 0.29) is 5.41 Å². The van der Waals surface area contributed by atoms with Crippen LogP contribution in [-0.2, 0) is 4.74 Å². The number of hydrogen-bond acceptors (Lipinski definition) is 1. The largest absolute Gasteiger partial charge is 0.378 e. The Labute approximate surface area is 95.6 Å². The Morgan fingerprint density at radius 3 is 2.27 bits per heavy atom. The molecule has 0 aromatic rings. The average Bonchev–Trinajstić information content (AvgIpc) is 2.18. The van der Waals surface area contributed by atoms with Crippen molar-refractivity contribution in [3.8, 4) is 0 Å². The Morgan fingerprint density at radius 1 is 1.13 bits per heavy atom. The predicted octanol–water partition coefficient (Wildman–Crippen LogP) is 4.41. The molecule has 0 amide bonds. The van der Waals surface area contributed by atoms with E-state index in [1.165, 1.54) is 38.5 Å². The molecular weight excluding hydrogens is 184 g/mol. The summed E-state index contributed by atoms with van der Waals surface area (Å²) in [5, 5.41) is 0. The summed E-state index contributed by atoms with van der Waals surface area (Å²) in [5.41, 5.74) is 0.284. The highest BCUT2D eigenvalue weighted by Crippen LogP contribution is 2.27. The standard InChI is InChI=1S/C14H28O/c1-12(14(2,3)4)15-11-10-13-8-6-5-7-9-13/h12-13H,5-11H2,1-4H3. The molecule has 0 radical (unpaired) electrons. The van der Waals surface area contributed by atoms with Gasteiger partial charge in [0.05, 0.1) is 6.10 Å². The lowest BCUT2D eigenvalue weighted by Crippen LogP contribution is -2.27. The molecule has 0 aromatic heterocycles. The quantitative estimate of drug-likeness (QED) is 0.671. The van der Waals surface area contributed by atoms with E-state index in [9.17, 15) is 0 Å². The van der Waals surface area contributed by atoms with E-state index in [0.29, 0.717) is 6.10 Å². The van der Waals surface area contributed by atoms with Crippen LogP contribution in [0.4, 0.5) is 0 Å². The van der Waals surface area contributed by atoms with Gasteiger partial charge in [-0.25, -0.2) is 0 Å². The highest BCUT2D eigenvalue weighted by Gasteiger charge is 2.21. The minimum absolute atomic E-state index is 0.284. The zero-order valence-corrected chi connectivity index (χ0v) is 11.0. The molecule has 1 fully saturated rings. The van der Waals surface area contributed by atoms with Gasteiger partial charge >= 0.3 is 0 Å². The molecule has 1 aliphatic rings. The normalized spacial score (nSPS) is 21.6. The van der Waals surface area contributed by atoms with Crippen LogP contribution in [0, 0.1) is 11.3 Å². The highest BCUT2D eigenvalue weighted by molar-refractivity contribution is 4.70. The molecule has 0 aromatic carbocycles. The molecule has 1 atom stereocenters. The fraction of sp³-hybridized carbons (Fsp3) is 1.00. The second-order valence-corrected chi connectivity index (χ2v) is 6.17. The summed E-state index contributed by atoms with van der Waals surface area (Å²) in [7, 11) is 0. The summed E-state index contributed by atoms with van der Waals surface area (Å²) >= 11 is 0. The van der Waals surface area contributed by atoms with Crippen LogP contribution in [-0.4, -0.2) is 12.7 Å². The topological polar surface area (TPSA) is 9.23 Å². The van der Waals surface area contributed by atoms with Gasteiger partial charge in [-0.05, 0) is 24.7 Å². The van der Waals surface area contributed by atoms with E-state index in [2.05, 4.69) is 27.7 Å². The van der Waals surface area contributed by atoms with Crippen molar-refractivity contribution in [1.29, 1.82) is 0 Å². The maximum atomic E-state index is 5.91. The molecular formula is C14H28O. The molecule has 0 heterocycles. The van der Waals surface area contributed by atoms with Gasteiger partial charge in [-0.1, -0.05) is 52.9 Å². The van der Waals surface area contributed by atoms with Gasteiger partial charge in [0, 0.05) is 6.61 Å². The number of ether oxygens (including phenoxy) is 1. The van der Waals surface area contributed by atoms with E-state index >= 15 is 0 Å². The van der Waals surface area contributed by atoms with E-state index in [4.69, 9.17) is 4.74 Å². The van der Waals surface area contributed by atoms with Crippen molar-refractivity contribution in [2.24, 2.45) is 11.3 Å². The van der Waals surface area contributed by atoms with E-state index in [1.807, 2.05) is 0 Å². The second kappa shape index (κ2) is 5.89. The maximum absolute atomic E-state index is 5.91. The van der Waals surface area contributed by atoms with Crippen LogP contribution >= 0.6 is 0 Å². The summed E-state index contributed by atoms with van der Waals surface area (Å²) in [4.78, 5) is 0. The number of rotatable bonds is 4. The van der Waals surface area contributed by atoms with E-state index in [1.54, 1.807) is 0 Å². The van der Waals surface area contributed by atoms with Crippen molar-refractivity contribution in [3.05, 3.63) is 0 Å². The Morgan fingerprint density at radius 2 is 1.73 bits per heavy atom. The third-order valence-corrected chi connectivity index (χ3v) is 3.84. The summed E-state index contributed by atoms with van der Waals surface area (Å²) in [6, 6.07) is 0. The minimum Gasteiger partial charge on any atom is -0.378 e. The minimum atomic E-state index is 0.284. The van der Waals surface area contributed by atoms with Crippen molar-refractivity contribution in [3.63, 3.8) is 0 Å². The third-order valence-electron chi connectivity index (χ3n) is 3.84. The van der Waals surface area contributed by atoms with Crippen LogP contribution in [0.25, 0.3) is 0 Å². The van der Waals surface area contributed by atoms with Gasteiger partial charge in [0.1, 0.15) is 0 Å². The molecule has 0 bridgehead atoms. The molecule has 15 heavy (non-hydrogen) atoms. The van der Waals surface area contributed by atoms with Crippen LogP contribution in [0.15, 0.2) is 0 Å². The van der Waals surface area contributed by atoms with Gasteiger partial charge in [-0.3, -0.25) is 0 Å². The van der Waals surface area contributed by atoms with Crippen molar-refractivity contribution < 1.29 is 4.74 Å². The van der Waals surface area contributed by atoms with Crippen LogP contribution in [0.5, 0.6) is 0 Å². The molecule has 90 valence electrons. The predicted molar refractivity (Wildman–Crippen MR) is 66.1 cm³/mol. The summed E-state index contributed by atoms with van der Waals surface area (Å²) in [5.74, 6) is 0.950. The summed E-state index contributed by atoms with van der Waals surface area (Å²) in [6.07, 6.45) is 8.87. The van der Waals surface area contributed by atoms with Crippen molar-refractivity contribution >= 4 is 0 Å². The second-order valence-electron chi connectivity index (χ2n) is 6.17. The molecule has 1 unspecified atom stereocenters. The zero-order chi connectivity index (χ0) is 11.3. The van der Waals surface area contributed by atoms with Crippen LogP contribution in [0.3, 0.4) is 0 Å². The highest BCUT2D eigenvalue weighted by atomic mass is 16.5. The molecule has 1 nitrogen and oxygen atoms in total. The van der Waals surface area contributed by atoms with Crippen molar-refractivity contribution in [2.45, 2.75) is 72.3 Å². The van der Waals surface area contributed by atoms with Crippen molar-refractivity contribution in [1.82, 2.24) is 0 Å². The Hall–Kier alpha value is -0.0400. The third kappa shape index (κ3) is 5.01.